The van der Waals surface area contributed by atoms with Gasteiger partial charge in [-0.2, -0.15) is 0 Å². The standard InChI is InChI=1S/C13H15BrN2S/c1-13-9(7-17-12(15)16-13)4-2-8-3-5-10(14)6-11(8)13/h3,5-6,9H,2,4,7H2,1H3,(H2,15,16)/t9-,13+/m1/s1. The molecular formula is C13H15BrN2S. The molecule has 0 bridgehead atoms. The van der Waals surface area contributed by atoms with Crippen molar-refractivity contribution in [2.24, 2.45) is 16.6 Å². The predicted molar refractivity (Wildman–Crippen MR) is 77.4 cm³/mol. The second kappa shape index (κ2) is 4.02. The molecule has 0 aromatic heterocycles. The van der Waals surface area contributed by atoms with Crippen LogP contribution in [0.25, 0.3) is 0 Å². The van der Waals surface area contributed by atoms with Gasteiger partial charge < -0.3 is 5.73 Å². The highest BCUT2D eigenvalue weighted by Crippen LogP contribution is 2.47. The lowest BCUT2D eigenvalue weighted by atomic mass is 9.71. The summed E-state index contributed by atoms with van der Waals surface area (Å²) in [5.41, 5.74) is 8.58. The van der Waals surface area contributed by atoms with Gasteiger partial charge in [0.15, 0.2) is 5.17 Å². The molecule has 0 amide bonds. The fourth-order valence-electron chi connectivity index (χ4n) is 2.91. The van der Waals surface area contributed by atoms with Crippen molar-refractivity contribution in [2.45, 2.75) is 25.3 Å². The van der Waals surface area contributed by atoms with Gasteiger partial charge >= 0.3 is 0 Å². The van der Waals surface area contributed by atoms with Gasteiger partial charge in [-0.1, -0.05) is 33.8 Å². The summed E-state index contributed by atoms with van der Waals surface area (Å²) in [5, 5.41) is 0.733. The van der Waals surface area contributed by atoms with Crippen LogP contribution < -0.4 is 5.73 Å². The number of amidine groups is 1. The topological polar surface area (TPSA) is 38.4 Å². The molecule has 1 aliphatic heterocycles. The lowest BCUT2D eigenvalue weighted by Crippen LogP contribution is -2.41. The number of aliphatic imine (C=N–C) groups is 1. The Morgan fingerprint density at radius 3 is 3.18 bits per heavy atom. The highest BCUT2D eigenvalue weighted by Gasteiger charge is 2.42. The number of fused-ring (bicyclic) bond motifs is 3. The van der Waals surface area contributed by atoms with E-state index in [1.165, 1.54) is 24.0 Å². The molecule has 1 aromatic carbocycles. The van der Waals surface area contributed by atoms with Crippen molar-refractivity contribution in [3.05, 3.63) is 33.8 Å². The number of halogens is 1. The van der Waals surface area contributed by atoms with E-state index in [9.17, 15) is 0 Å². The van der Waals surface area contributed by atoms with Gasteiger partial charge in [0.05, 0.1) is 5.54 Å². The third kappa shape index (κ3) is 1.82. The Bertz CT molecular complexity index is 500. The molecule has 2 aliphatic rings. The summed E-state index contributed by atoms with van der Waals surface area (Å²) < 4.78 is 1.13. The molecule has 1 aliphatic carbocycles. The van der Waals surface area contributed by atoms with Crippen LogP contribution in [0.5, 0.6) is 0 Å². The summed E-state index contributed by atoms with van der Waals surface area (Å²) in [7, 11) is 0. The average molecular weight is 311 g/mol. The van der Waals surface area contributed by atoms with Gasteiger partial charge in [-0.3, -0.25) is 4.99 Å². The lowest BCUT2D eigenvalue weighted by Gasteiger charge is -2.42. The molecule has 0 spiro atoms. The van der Waals surface area contributed by atoms with Crippen molar-refractivity contribution in [3.63, 3.8) is 0 Å². The quantitative estimate of drug-likeness (QED) is 0.798. The maximum absolute atomic E-state index is 5.92. The van der Waals surface area contributed by atoms with Crippen molar-refractivity contribution >= 4 is 32.9 Å². The molecule has 3 rings (SSSR count). The number of hydrogen-bond donors (Lipinski definition) is 1. The van der Waals surface area contributed by atoms with Crippen molar-refractivity contribution in [1.82, 2.24) is 0 Å². The molecule has 0 fully saturated rings. The van der Waals surface area contributed by atoms with Crippen LogP contribution in [-0.4, -0.2) is 10.9 Å². The minimum Gasteiger partial charge on any atom is -0.379 e. The normalized spacial score (nSPS) is 31.4. The average Bonchev–Trinajstić information content (AvgIpc) is 2.29. The molecule has 90 valence electrons. The van der Waals surface area contributed by atoms with Gasteiger partial charge in [0.25, 0.3) is 0 Å². The predicted octanol–water partition coefficient (Wildman–Crippen LogP) is 3.29. The van der Waals surface area contributed by atoms with Crippen LogP contribution in [-0.2, 0) is 12.0 Å². The van der Waals surface area contributed by atoms with Crippen molar-refractivity contribution in [2.75, 3.05) is 5.75 Å². The summed E-state index contributed by atoms with van der Waals surface area (Å²) in [6, 6.07) is 6.55. The first-order valence-corrected chi connectivity index (χ1v) is 7.64. The molecule has 0 saturated heterocycles. The summed E-state index contributed by atoms with van der Waals surface area (Å²) in [4.78, 5) is 4.76. The Kier molecular flexibility index (Phi) is 2.75. The second-order valence-corrected chi connectivity index (χ2v) is 6.90. The van der Waals surface area contributed by atoms with E-state index in [0.29, 0.717) is 5.92 Å². The van der Waals surface area contributed by atoms with E-state index < -0.39 is 0 Å². The van der Waals surface area contributed by atoms with E-state index in [4.69, 9.17) is 10.7 Å². The van der Waals surface area contributed by atoms with E-state index in [0.717, 1.165) is 15.4 Å². The third-order valence-corrected chi connectivity index (χ3v) is 5.40. The molecule has 2 atom stereocenters. The third-order valence-electron chi connectivity index (χ3n) is 3.95. The number of nitrogens with two attached hydrogens (primary N) is 1. The molecule has 0 radical (unpaired) electrons. The van der Waals surface area contributed by atoms with E-state index in [-0.39, 0.29) is 5.54 Å². The largest absolute Gasteiger partial charge is 0.379 e. The zero-order valence-electron chi connectivity index (χ0n) is 9.74. The van der Waals surface area contributed by atoms with Crippen molar-refractivity contribution in [3.8, 4) is 0 Å². The molecule has 0 saturated carbocycles. The van der Waals surface area contributed by atoms with Crippen LogP contribution >= 0.6 is 27.7 Å². The van der Waals surface area contributed by atoms with Crippen LogP contribution in [0.2, 0.25) is 0 Å². The Morgan fingerprint density at radius 1 is 1.53 bits per heavy atom. The molecule has 0 unspecified atom stereocenters. The summed E-state index contributed by atoms with van der Waals surface area (Å²) in [6.07, 6.45) is 2.38. The fourth-order valence-corrected chi connectivity index (χ4v) is 4.39. The SMILES string of the molecule is C[C@]12N=C(N)SC[C@H]1CCc1ccc(Br)cc12. The molecule has 17 heavy (non-hydrogen) atoms. The second-order valence-electron chi connectivity index (χ2n) is 4.95. The molecule has 2 N–H and O–H groups in total. The molecule has 2 nitrogen and oxygen atoms in total. The highest BCUT2D eigenvalue weighted by atomic mass is 79.9. The van der Waals surface area contributed by atoms with Crippen LogP contribution in [0.1, 0.15) is 24.5 Å². The number of nitrogens with zero attached hydrogens (tertiary/aromatic N) is 1. The van der Waals surface area contributed by atoms with E-state index >= 15 is 0 Å². The Hall–Kier alpha value is -0.480. The van der Waals surface area contributed by atoms with Crippen LogP contribution in [0.3, 0.4) is 0 Å². The number of thioether (sulfide) groups is 1. The van der Waals surface area contributed by atoms with Crippen LogP contribution in [0, 0.1) is 5.92 Å². The fraction of sp³-hybridized carbons (Fsp3) is 0.462. The zero-order valence-corrected chi connectivity index (χ0v) is 12.1. The van der Waals surface area contributed by atoms with Crippen LogP contribution in [0.15, 0.2) is 27.7 Å². The minimum absolute atomic E-state index is 0.118. The highest BCUT2D eigenvalue weighted by molar-refractivity contribution is 9.10. The van der Waals surface area contributed by atoms with Gasteiger partial charge in [-0.15, -0.1) is 0 Å². The van der Waals surface area contributed by atoms with Crippen molar-refractivity contribution in [1.29, 1.82) is 0 Å². The van der Waals surface area contributed by atoms with Gasteiger partial charge in [-0.25, -0.2) is 0 Å². The van der Waals surface area contributed by atoms with E-state index in [1.807, 2.05) is 0 Å². The summed E-state index contributed by atoms with van der Waals surface area (Å²) >= 11 is 5.26. The van der Waals surface area contributed by atoms with E-state index in [2.05, 4.69) is 41.1 Å². The van der Waals surface area contributed by atoms with E-state index in [1.54, 1.807) is 11.8 Å². The number of rotatable bonds is 0. The molecule has 4 heteroatoms. The maximum atomic E-state index is 5.92. The van der Waals surface area contributed by atoms with Gasteiger partial charge in [0.2, 0.25) is 0 Å². The van der Waals surface area contributed by atoms with Gasteiger partial charge in [0, 0.05) is 10.2 Å². The minimum atomic E-state index is -0.118. The Morgan fingerprint density at radius 2 is 2.35 bits per heavy atom. The number of benzene rings is 1. The lowest BCUT2D eigenvalue weighted by molar-refractivity contribution is 0.291. The van der Waals surface area contributed by atoms with Gasteiger partial charge in [0.1, 0.15) is 0 Å². The summed E-state index contributed by atoms with van der Waals surface area (Å²) in [5.74, 6) is 1.71. The molecule has 1 heterocycles. The first kappa shape index (κ1) is 11.6. The number of aryl methyl sites for hydroxylation is 1. The molecule has 1 aromatic rings. The Balaban J connectivity index is 2.19. The molecular weight excluding hydrogens is 296 g/mol. The first-order chi connectivity index (χ1) is 8.09. The maximum Gasteiger partial charge on any atom is 0.154 e. The zero-order chi connectivity index (χ0) is 12.0. The van der Waals surface area contributed by atoms with Crippen molar-refractivity contribution < 1.29 is 0 Å². The number of hydrogen-bond acceptors (Lipinski definition) is 3. The van der Waals surface area contributed by atoms with Gasteiger partial charge in [-0.05, 0) is 48.9 Å². The Labute approximate surface area is 114 Å². The first-order valence-electron chi connectivity index (χ1n) is 5.86. The van der Waals surface area contributed by atoms with Crippen LogP contribution in [0.4, 0.5) is 0 Å². The monoisotopic (exact) mass is 310 g/mol. The summed E-state index contributed by atoms with van der Waals surface area (Å²) in [6.45, 7) is 2.23. The smallest absolute Gasteiger partial charge is 0.154 e.